The number of fused-ring (bicyclic) bond motifs is 10. The van der Waals surface area contributed by atoms with Crippen LogP contribution in [0.2, 0.25) is 0 Å². The molecule has 0 aromatic rings. The van der Waals surface area contributed by atoms with Crippen molar-refractivity contribution in [2.45, 2.75) is 214 Å². The van der Waals surface area contributed by atoms with Gasteiger partial charge in [0.05, 0.1) is 23.7 Å². The van der Waals surface area contributed by atoms with Crippen molar-refractivity contribution >= 4 is 43.9 Å². The number of nitrogens with one attached hydrogen (secondary N) is 4. The molecule has 0 bridgehead atoms. The molecule has 428 valence electrons. The first kappa shape index (κ1) is 58.8. The van der Waals surface area contributed by atoms with Gasteiger partial charge in [0.2, 0.25) is 23.6 Å². The van der Waals surface area contributed by atoms with Gasteiger partial charge in [-0.05, 0) is 215 Å². The molecule has 8 aliphatic carbocycles. The zero-order valence-electron chi connectivity index (χ0n) is 46.2. The van der Waals surface area contributed by atoms with Gasteiger partial charge in [0, 0.05) is 50.9 Å². The fourth-order valence-corrected chi connectivity index (χ4v) is 20.3. The fraction of sp³-hybridized carbons (Fsp3) is 0.930. The van der Waals surface area contributed by atoms with E-state index in [0.29, 0.717) is 104 Å². The first-order chi connectivity index (χ1) is 35.1. The summed E-state index contributed by atoms with van der Waals surface area (Å²) in [5, 5.41) is 35.9. The maximum absolute atomic E-state index is 13.4. The molecule has 8 fully saturated rings. The van der Waals surface area contributed by atoms with Crippen LogP contribution in [0, 0.1) is 92.7 Å². The summed E-state index contributed by atoms with van der Waals surface area (Å²) in [6.45, 7) is 14.0. The lowest BCUT2D eigenvalue weighted by Crippen LogP contribution is -2.59. The molecule has 8 saturated carbocycles. The van der Waals surface area contributed by atoms with Crippen LogP contribution in [0.4, 0.5) is 0 Å². The quantitative estimate of drug-likeness (QED) is 0.0562. The van der Waals surface area contributed by atoms with Crippen molar-refractivity contribution in [3.63, 3.8) is 0 Å². The molecule has 4 amide bonds. The fourth-order valence-electron chi connectivity index (χ4n) is 19.6. The van der Waals surface area contributed by atoms with Crippen LogP contribution in [0.3, 0.4) is 0 Å². The number of amides is 4. The van der Waals surface area contributed by atoms with E-state index in [1.54, 1.807) is 0 Å². The molecule has 8 N–H and O–H groups in total. The standard InChI is InChI=1S/C57H96N4O12S2/c1-34(10-16-48(64)58-26-28-74(68,69)70)40-12-14-42-52-44(20-24-56(40,42)5)54(3)22-18-38(30-36(54)32-46(52)62)60-50(66)8-7-9-51(67)61-39-19-23-55(4)37(31-39)33-47(63)53-43-15-13-41(57(43,6)25-21-45(53)55)35(2)11-17-49(65)59-27-29-75(71,72)73/h34-47,52-53,62-63H,7-33H2,1-6H3,(H,58,64)(H,59,65)(H,60,66)(H,61,67)(H,68,69,70)(H,71,72,73)/t34-,35+,36?,37?,38-,39+,40-,41+,42+,43?,44+,45?,46+,47-,52+,53-,54+,55-,56-,57+/m1/s1. The highest BCUT2D eigenvalue weighted by Crippen LogP contribution is 2.70. The summed E-state index contributed by atoms with van der Waals surface area (Å²) in [6.07, 6.45) is 18.2. The summed E-state index contributed by atoms with van der Waals surface area (Å²) in [5.41, 5.74) is 0.377. The van der Waals surface area contributed by atoms with Gasteiger partial charge in [-0.2, -0.15) is 16.8 Å². The van der Waals surface area contributed by atoms with Gasteiger partial charge in [0.15, 0.2) is 0 Å². The van der Waals surface area contributed by atoms with Crippen molar-refractivity contribution in [1.29, 1.82) is 0 Å². The lowest BCUT2D eigenvalue weighted by Gasteiger charge is -2.62. The van der Waals surface area contributed by atoms with E-state index in [-0.39, 0.29) is 94.5 Å². The second kappa shape index (κ2) is 23.0. The van der Waals surface area contributed by atoms with E-state index in [9.17, 15) is 46.2 Å². The average molecular weight is 1090 g/mol. The van der Waals surface area contributed by atoms with Crippen LogP contribution >= 0.6 is 0 Å². The normalized spacial score (nSPS) is 42.0. The highest BCUT2D eigenvalue weighted by Gasteiger charge is 2.65. The third kappa shape index (κ3) is 12.7. The van der Waals surface area contributed by atoms with Crippen LogP contribution in [0.15, 0.2) is 0 Å². The minimum atomic E-state index is -4.12. The third-order valence-electron chi connectivity index (χ3n) is 23.4. The SMILES string of the molecule is C[C@H](CCC(=O)NCCS(=O)(=O)O)[C@H]1CC[C@H]2[C@@H]3[C@@H](O)CC4C[C@H](NC(=O)CCCC(=O)N[C@H]5CC[C@]6(C)C(C5)C[C@@H](O)[C@H]5C6CC[C@]6(C)C5CC[C@H]6[C@@H](C)CCC(=O)NCCS(=O)(=O)O)CC[C@]4(C)[C@H]3CC[C@]12C. The average Bonchev–Trinajstić information content (AvgIpc) is 3.87. The lowest BCUT2D eigenvalue weighted by atomic mass is 9.43. The molecule has 18 heteroatoms. The molecule has 75 heavy (non-hydrogen) atoms. The highest BCUT2D eigenvalue weighted by atomic mass is 32.2. The Hall–Kier alpha value is -2.38. The number of rotatable bonds is 20. The second-order valence-corrected chi connectivity index (χ2v) is 30.4. The molecular weight excluding hydrogens is 997 g/mol. The van der Waals surface area contributed by atoms with Gasteiger partial charge in [-0.3, -0.25) is 28.3 Å². The maximum atomic E-state index is 13.4. The Morgan fingerprint density at radius 2 is 0.853 bits per heavy atom. The Morgan fingerprint density at radius 1 is 0.493 bits per heavy atom. The van der Waals surface area contributed by atoms with E-state index < -0.39 is 31.7 Å². The predicted octanol–water partition coefficient (Wildman–Crippen LogP) is 7.23. The van der Waals surface area contributed by atoms with Crippen LogP contribution in [-0.2, 0) is 39.4 Å². The van der Waals surface area contributed by atoms with Crippen molar-refractivity contribution < 1.29 is 55.3 Å². The van der Waals surface area contributed by atoms with Gasteiger partial charge in [0.25, 0.3) is 20.2 Å². The van der Waals surface area contributed by atoms with Crippen molar-refractivity contribution in [3.8, 4) is 0 Å². The van der Waals surface area contributed by atoms with E-state index in [1.807, 2.05) is 0 Å². The lowest BCUT2D eigenvalue weighted by molar-refractivity contribution is -0.167. The Morgan fingerprint density at radius 3 is 1.23 bits per heavy atom. The number of aliphatic hydroxyl groups excluding tert-OH is 2. The van der Waals surface area contributed by atoms with Gasteiger partial charge in [0.1, 0.15) is 0 Å². The van der Waals surface area contributed by atoms with Crippen LogP contribution in [0.25, 0.3) is 0 Å². The van der Waals surface area contributed by atoms with E-state index >= 15 is 0 Å². The van der Waals surface area contributed by atoms with Crippen LogP contribution in [0.5, 0.6) is 0 Å². The molecule has 0 spiro atoms. The Labute approximate surface area is 449 Å². The maximum Gasteiger partial charge on any atom is 0.266 e. The summed E-state index contributed by atoms with van der Waals surface area (Å²) in [4.78, 5) is 51.8. The van der Waals surface area contributed by atoms with E-state index in [4.69, 9.17) is 9.11 Å². The second-order valence-electron chi connectivity index (χ2n) is 27.3. The van der Waals surface area contributed by atoms with Crippen molar-refractivity contribution in [3.05, 3.63) is 0 Å². The van der Waals surface area contributed by atoms with Crippen LogP contribution < -0.4 is 21.3 Å². The molecule has 0 saturated heterocycles. The first-order valence-electron chi connectivity index (χ1n) is 29.5. The van der Waals surface area contributed by atoms with Crippen molar-refractivity contribution in [1.82, 2.24) is 21.3 Å². The zero-order valence-corrected chi connectivity index (χ0v) is 47.8. The number of hydrogen-bond donors (Lipinski definition) is 8. The molecule has 20 atom stereocenters. The number of aliphatic hydroxyl groups is 2. The third-order valence-corrected chi connectivity index (χ3v) is 24.9. The van der Waals surface area contributed by atoms with Gasteiger partial charge in [-0.25, -0.2) is 0 Å². The van der Waals surface area contributed by atoms with Gasteiger partial charge in [-0.1, -0.05) is 41.5 Å². The molecule has 0 aromatic carbocycles. The smallest absolute Gasteiger partial charge is 0.266 e. The molecule has 0 aliphatic heterocycles. The molecule has 16 nitrogen and oxygen atoms in total. The molecule has 4 unspecified atom stereocenters. The minimum absolute atomic E-state index is 0.00882. The summed E-state index contributed by atoms with van der Waals surface area (Å²) >= 11 is 0. The summed E-state index contributed by atoms with van der Waals surface area (Å²) in [5.74, 6) is 2.96. The predicted molar refractivity (Wildman–Crippen MR) is 287 cm³/mol. The van der Waals surface area contributed by atoms with Crippen LogP contribution in [0.1, 0.15) is 189 Å². The minimum Gasteiger partial charge on any atom is -0.393 e. The molecule has 0 aromatic heterocycles. The van der Waals surface area contributed by atoms with Gasteiger partial charge >= 0.3 is 0 Å². The topological polar surface area (TPSA) is 266 Å². The molecule has 0 heterocycles. The largest absolute Gasteiger partial charge is 0.393 e. The first-order valence-corrected chi connectivity index (χ1v) is 32.8. The molecule has 8 rings (SSSR count). The van der Waals surface area contributed by atoms with Gasteiger partial charge < -0.3 is 31.5 Å². The van der Waals surface area contributed by atoms with Crippen molar-refractivity contribution in [2.75, 3.05) is 24.6 Å². The van der Waals surface area contributed by atoms with E-state index in [2.05, 4.69) is 62.8 Å². The Bertz CT molecular complexity index is 2150. The number of hydrogen-bond acceptors (Lipinski definition) is 10. The molecular formula is C57H96N4O12S2. The Balaban J connectivity index is 0.748. The Kier molecular flexibility index (Phi) is 18.0. The number of carbonyl (C=O) groups is 4. The van der Waals surface area contributed by atoms with Gasteiger partial charge in [-0.15, -0.1) is 0 Å². The van der Waals surface area contributed by atoms with Crippen LogP contribution in [-0.4, -0.2) is 109 Å². The summed E-state index contributed by atoms with van der Waals surface area (Å²) < 4.78 is 62.2. The highest BCUT2D eigenvalue weighted by molar-refractivity contribution is 7.86. The van der Waals surface area contributed by atoms with Crippen molar-refractivity contribution in [2.24, 2.45) is 92.7 Å². The zero-order chi connectivity index (χ0) is 54.5. The van der Waals surface area contributed by atoms with E-state index in [0.717, 1.165) is 103 Å². The monoisotopic (exact) mass is 1090 g/mol. The summed E-state index contributed by atoms with van der Waals surface area (Å²) in [7, 11) is -8.25. The summed E-state index contributed by atoms with van der Waals surface area (Å²) in [6, 6.07) is 0.118. The molecule has 0 radical (unpaired) electrons. The molecule has 8 aliphatic rings. The number of carbonyl (C=O) groups excluding carboxylic acids is 4. The van der Waals surface area contributed by atoms with E-state index in [1.165, 1.54) is 0 Å².